The van der Waals surface area contributed by atoms with E-state index in [-0.39, 0.29) is 12.0 Å². The van der Waals surface area contributed by atoms with Crippen LogP contribution in [0.2, 0.25) is 0 Å². The SMILES string of the molecule is CNC(=O)c1nccc2c(OC(C)C)cc(N3CCOCC3)nc12. The molecule has 0 unspecified atom stereocenters. The molecule has 2 aromatic rings. The first-order valence-electron chi connectivity index (χ1n) is 8.11. The molecule has 24 heavy (non-hydrogen) atoms. The number of morpholine rings is 1. The number of rotatable bonds is 4. The van der Waals surface area contributed by atoms with E-state index in [4.69, 9.17) is 14.5 Å². The number of carbonyl (C=O) groups excluding carboxylic acids is 1. The lowest BCUT2D eigenvalue weighted by molar-refractivity contribution is 0.0959. The number of hydrogen-bond donors (Lipinski definition) is 1. The van der Waals surface area contributed by atoms with Gasteiger partial charge in [-0.3, -0.25) is 4.79 Å². The third-order valence-corrected chi connectivity index (χ3v) is 3.82. The summed E-state index contributed by atoms with van der Waals surface area (Å²) < 4.78 is 11.4. The van der Waals surface area contributed by atoms with Crippen LogP contribution in [0.5, 0.6) is 5.75 Å². The first kappa shape index (κ1) is 16.4. The Kier molecular flexibility index (Phi) is 4.80. The van der Waals surface area contributed by atoms with E-state index in [1.807, 2.05) is 26.0 Å². The summed E-state index contributed by atoms with van der Waals surface area (Å²) in [6, 6.07) is 3.76. The van der Waals surface area contributed by atoms with Gasteiger partial charge in [0, 0.05) is 37.8 Å². The molecule has 7 nitrogen and oxygen atoms in total. The Morgan fingerprint density at radius 1 is 1.38 bits per heavy atom. The molecule has 0 spiro atoms. The average molecular weight is 330 g/mol. The minimum atomic E-state index is -0.261. The molecule has 1 saturated heterocycles. The number of carbonyl (C=O) groups is 1. The highest BCUT2D eigenvalue weighted by Gasteiger charge is 2.20. The van der Waals surface area contributed by atoms with E-state index in [0.29, 0.717) is 30.2 Å². The van der Waals surface area contributed by atoms with Gasteiger partial charge in [-0.15, -0.1) is 0 Å². The van der Waals surface area contributed by atoms with E-state index >= 15 is 0 Å². The topological polar surface area (TPSA) is 76.6 Å². The van der Waals surface area contributed by atoms with Crippen LogP contribution in [0.15, 0.2) is 18.3 Å². The van der Waals surface area contributed by atoms with Gasteiger partial charge >= 0.3 is 0 Å². The zero-order valence-electron chi connectivity index (χ0n) is 14.2. The van der Waals surface area contributed by atoms with Crippen molar-refractivity contribution in [2.75, 3.05) is 38.3 Å². The number of fused-ring (bicyclic) bond motifs is 1. The van der Waals surface area contributed by atoms with Crippen LogP contribution < -0.4 is 15.0 Å². The standard InChI is InChI=1S/C17H22N4O3/c1-11(2)24-13-10-14(21-6-8-23-9-7-21)20-15-12(13)4-5-19-16(15)17(22)18-3/h4-5,10-11H,6-9H2,1-3H3,(H,18,22). The molecule has 2 aromatic heterocycles. The molecule has 3 rings (SSSR count). The van der Waals surface area contributed by atoms with Crippen molar-refractivity contribution >= 4 is 22.6 Å². The summed E-state index contributed by atoms with van der Waals surface area (Å²) in [5.74, 6) is 1.23. The zero-order valence-corrected chi connectivity index (χ0v) is 14.2. The van der Waals surface area contributed by atoms with Gasteiger partial charge in [-0.25, -0.2) is 9.97 Å². The molecule has 0 radical (unpaired) electrons. The first-order valence-corrected chi connectivity index (χ1v) is 8.11. The lowest BCUT2D eigenvalue weighted by Crippen LogP contribution is -2.36. The van der Waals surface area contributed by atoms with Gasteiger partial charge in [0.2, 0.25) is 0 Å². The number of aromatic nitrogens is 2. The maximum absolute atomic E-state index is 12.2. The van der Waals surface area contributed by atoms with Crippen LogP contribution >= 0.6 is 0 Å². The fourth-order valence-corrected chi connectivity index (χ4v) is 2.70. The van der Waals surface area contributed by atoms with Crippen molar-refractivity contribution in [2.24, 2.45) is 0 Å². The van der Waals surface area contributed by atoms with E-state index in [9.17, 15) is 4.79 Å². The number of ether oxygens (including phenoxy) is 2. The molecule has 0 aliphatic carbocycles. The number of nitrogens with zero attached hydrogens (tertiary/aromatic N) is 3. The molecule has 1 N–H and O–H groups in total. The van der Waals surface area contributed by atoms with Gasteiger partial charge in [-0.05, 0) is 19.9 Å². The third-order valence-electron chi connectivity index (χ3n) is 3.82. The molecule has 1 amide bonds. The van der Waals surface area contributed by atoms with Crippen LogP contribution in [0.25, 0.3) is 10.9 Å². The quantitative estimate of drug-likeness (QED) is 0.918. The Bertz CT molecular complexity index is 742. The van der Waals surface area contributed by atoms with Crippen molar-refractivity contribution in [3.63, 3.8) is 0 Å². The molecule has 128 valence electrons. The highest BCUT2D eigenvalue weighted by molar-refractivity contribution is 6.05. The molecule has 1 fully saturated rings. The molecule has 0 saturated carbocycles. The van der Waals surface area contributed by atoms with E-state index < -0.39 is 0 Å². The highest BCUT2D eigenvalue weighted by Crippen LogP contribution is 2.31. The Balaban J connectivity index is 2.16. The number of anilines is 1. The summed E-state index contributed by atoms with van der Waals surface area (Å²) in [5, 5.41) is 3.40. The summed E-state index contributed by atoms with van der Waals surface area (Å²) in [4.78, 5) is 23.2. The predicted molar refractivity (Wildman–Crippen MR) is 91.7 cm³/mol. The summed E-state index contributed by atoms with van der Waals surface area (Å²) in [7, 11) is 1.58. The van der Waals surface area contributed by atoms with Crippen molar-refractivity contribution < 1.29 is 14.3 Å². The van der Waals surface area contributed by atoms with Gasteiger partial charge in [-0.1, -0.05) is 0 Å². The van der Waals surface area contributed by atoms with Gasteiger partial charge in [0.1, 0.15) is 17.1 Å². The van der Waals surface area contributed by atoms with Gasteiger partial charge in [0.05, 0.1) is 19.3 Å². The van der Waals surface area contributed by atoms with Crippen molar-refractivity contribution in [3.05, 3.63) is 24.0 Å². The van der Waals surface area contributed by atoms with Crippen molar-refractivity contribution in [2.45, 2.75) is 20.0 Å². The number of amides is 1. The van der Waals surface area contributed by atoms with E-state index in [1.165, 1.54) is 0 Å². The fraction of sp³-hybridized carbons (Fsp3) is 0.471. The summed E-state index contributed by atoms with van der Waals surface area (Å²) >= 11 is 0. The van der Waals surface area contributed by atoms with Crippen LogP contribution in [0, 0.1) is 0 Å². The lowest BCUT2D eigenvalue weighted by Gasteiger charge is -2.28. The van der Waals surface area contributed by atoms with E-state index in [0.717, 1.165) is 24.3 Å². The van der Waals surface area contributed by atoms with Crippen LogP contribution in [-0.2, 0) is 4.74 Å². The minimum Gasteiger partial charge on any atom is -0.490 e. The molecule has 0 bridgehead atoms. The highest BCUT2D eigenvalue weighted by atomic mass is 16.5. The van der Waals surface area contributed by atoms with Crippen LogP contribution in [0.4, 0.5) is 5.82 Å². The minimum absolute atomic E-state index is 0.0183. The fourth-order valence-electron chi connectivity index (χ4n) is 2.70. The Hall–Kier alpha value is -2.41. The zero-order chi connectivity index (χ0) is 17.1. The second kappa shape index (κ2) is 7.00. The normalized spacial score (nSPS) is 14.9. The molecule has 1 aliphatic heterocycles. The summed E-state index contributed by atoms with van der Waals surface area (Å²) in [6.07, 6.45) is 1.63. The average Bonchev–Trinajstić information content (AvgIpc) is 2.60. The third kappa shape index (κ3) is 3.26. The maximum Gasteiger partial charge on any atom is 0.271 e. The molecule has 0 atom stereocenters. The molecular weight excluding hydrogens is 308 g/mol. The van der Waals surface area contributed by atoms with Crippen LogP contribution in [-0.4, -0.2) is 55.3 Å². The molecule has 0 aromatic carbocycles. The van der Waals surface area contributed by atoms with E-state index in [2.05, 4.69) is 15.2 Å². The number of hydrogen-bond acceptors (Lipinski definition) is 6. The van der Waals surface area contributed by atoms with Crippen molar-refractivity contribution in [1.82, 2.24) is 15.3 Å². The van der Waals surface area contributed by atoms with Crippen LogP contribution in [0.3, 0.4) is 0 Å². The lowest BCUT2D eigenvalue weighted by atomic mass is 10.1. The predicted octanol–water partition coefficient (Wildman–Crippen LogP) is 1.61. The second-order valence-corrected chi connectivity index (χ2v) is 5.88. The van der Waals surface area contributed by atoms with Gasteiger partial charge in [-0.2, -0.15) is 0 Å². The number of pyridine rings is 2. The number of nitrogens with one attached hydrogen (secondary N) is 1. The van der Waals surface area contributed by atoms with Crippen molar-refractivity contribution in [3.8, 4) is 5.75 Å². The molecule has 1 aliphatic rings. The summed E-state index contributed by atoms with van der Waals surface area (Å²) in [6.45, 7) is 6.79. The Morgan fingerprint density at radius 3 is 2.79 bits per heavy atom. The smallest absolute Gasteiger partial charge is 0.271 e. The molecule has 3 heterocycles. The molecule has 7 heteroatoms. The monoisotopic (exact) mass is 330 g/mol. The van der Waals surface area contributed by atoms with Crippen molar-refractivity contribution in [1.29, 1.82) is 0 Å². The van der Waals surface area contributed by atoms with Crippen LogP contribution in [0.1, 0.15) is 24.3 Å². The Morgan fingerprint density at radius 2 is 2.12 bits per heavy atom. The summed E-state index contributed by atoms with van der Waals surface area (Å²) in [5.41, 5.74) is 0.857. The van der Waals surface area contributed by atoms with Gasteiger partial charge < -0.3 is 19.7 Å². The Labute approximate surface area is 141 Å². The van der Waals surface area contributed by atoms with E-state index in [1.54, 1.807) is 13.2 Å². The second-order valence-electron chi connectivity index (χ2n) is 5.88. The van der Waals surface area contributed by atoms with Gasteiger partial charge in [0.25, 0.3) is 5.91 Å². The maximum atomic E-state index is 12.2. The first-order chi connectivity index (χ1) is 11.6. The largest absolute Gasteiger partial charge is 0.490 e. The van der Waals surface area contributed by atoms with Gasteiger partial charge in [0.15, 0.2) is 5.69 Å². The molecular formula is C17H22N4O3.